The molecule has 0 aliphatic carbocycles. The summed E-state index contributed by atoms with van der Waals surface area (Å²) in [7, 11) is 1.51. The Balaban J connectivity index is 3.42. The van der Waals surface area contributed by atoms with Crippen LogP contribution in [-0.2, 0) is 7.05 Å². The van der Waals surface area contributed by atoms with E-state index in [1.165, 1.54) is 7.05 Å². The van der Waals surface area contributed by atoms with Gasteiger partial charge in [-0.05, 0) is 27.7 Å². The third-order valence-corrected chi connectivity index (χ3v) is 3.40. The first-order chi connectivity index (χ1) is 7.86. The molecule has 0 saturated heterocycles. The van der Waals surface area contributed by atoms with Crippen molar-refractivity contribution in [2.24, 2.45) is 7.05 Å². The summed E-state index contributed by atoms with van der Waals surface area (Å²) >= 11 is 0. The summed E-state index contributed by atoms with van der Waals surface area (Å²) in [6.45, 7) is 7.22. The third kappa shape index (κ3) is 1.44. The quantitative estimate of drug-likeness (QED) is 0.689. The Morgan fingerprint density at radius 3 is 1.53 bits per heavy atom. The maximum absolute atomic E-state index is 12.0. The van der Waals surface area contributed by atoms with Gasteiger partial charge in [-0.15, -0.1) is 0 Å². The summed E-state index contributed by atoms with van der Waals surface area (Å²) in [6.07, 6.45) is 0. The first kappa shape index (κ1) is 11.6. The zero-order valence-corrected chi connectivity index (χ0v) is 10.7. The molecule has 90 valence electrons. The van der Waals surface area contributed by atoms with Gasteiger partial charge in [-0.2, -0.15) is 0 Å². The zero-order valence-electron chi connectivity index (χ0n) is 10.7. The van der Waals surface area contributed by atoms with E-state index in [9.17, 15) is 9.59 Å². The normalized spacial score (nSPS) is 11.1. The molecule has 0 amide bonds. The average Bonchev–Trinajstić information content (AvgIpc) is 2.46. The molecule has 2 rings (SSSR count). The molecule has 0 N–H and O–H groups in total. The highest BCUT2D eigenvalue weighted by Crippen LogP contribution is 2.13. The van der Waals surface area contributed by atoms with E-state index in [0.29, 0.717) is 22.0 Å². The molecule has 4 heteroatoms. The second kappa shape index (κ2) is 3.58. The highest BCUT2D eigenvalue weighted by Gasteiger charge is 2.13. The molecular weight excluding hydrogens is 218 g/mol. The number of aromatic nitrogens is 1. The summed E-state index contributed by atoms with van der Waals surface area (Å²) in [4.78, 5) is 24.1. The van der Waals surface area contributed by atoms with E-state index >= 15 is 0 Å². The predicted octanol–water partition coefficient (Wildman–Crippen LogP) is 1.30. The van der Waals surface area contributed by atoms with Crippen LogP contribution in [0.4, 0.5) is 0 Å². The summed E-state index contributed by atoms with van der Waals surface area (Å²) < 4.78 is 6.75. The minimum absolute atomic E-state index is 0.250. The van der Waals surface area contributed by atoms with E-state index in [0.717, 1.165) is 15.7 Å². The summed E-state index contributed by atoms with van der Waals surface area (Å²) in [5, 5.41) is 0.953. The molecule has 0 aromatic rings. The van der Waals surface area contributed by atoms with Gasteiger partial charge in [0.2, 0.25) is 0 Å². The maximum atomic E-state index is 12.0. The van der Waals surface area contributed by atoms with Crippen LogP contribution in [0.1, 0.15) is 22.6 Å². The first-order valence-corrected chi connectivity index (χ1v) is 5.46. The van der Waals surface area contributed by atoms with Crippen molar-refractivity contribution in [3.05, 3.63) is 53.8 Å². The van der Waals surface area contributed by atoms with Crippen molar-refractivity contribution in [3.63, 3.8) is 0 Å². The molecule has 0 radical (unpaired) electrons. The molecule has 0 aromatic heterocycles. The van der Waals surface area contributed by atoms with E-state index in [1.54, 1.807) is 27.7 Å². The van der Waals surface area contributed by atoms with E-state index in [2.05, 4.69) is 0 Å². The molecule has 0 saturated carbocycles. The van der Waals surface area contributed by atoms with Crippen molar-refractivity contribution >= 4 is 0 Å². The van der Waals surface area contributed by atoms with Gasteiger partial charge in [-0.1, -0.05) is 0 Å². The lowest BCUT2D eigenvalue weighted by atomic mass is 10.1. The molecule has 2 heterocycles. The highest BCUT2D eigenvalue weighted by atomic mass is 16.3. The molecule has 0 bridgehead atoms. The smallest absolute Gasteiger partial charge is 0.261 e. The Kier molecular flexibility index (Phi) is 2.45. The van der Waals surface area contributed by atoms with Crippen LogP contribution in [0.5, 0.6) is 0 Å². The van der Waals surface area contributed by atoms with Gasteiger partial charge >= 0.3 is 0 Å². The van der Waals surface area contributed by atoms with Crippen LogP contribution in [0.3, 0.4) is 0 Å². The van der Waals surface area contributed by atoms with Crippen molar-refractivity contribution in [1.29, 1.82) is 0 Å². The lowest BCUT2D eigenvalue weighted by Gasteiger charge is -1.94. The standard InChI is InChI=1S/C13H15NO3/c1-6-8(3)17-9(4)7(2)11-10(6)12(15)14(5)13(11)16/h1-5H3. The van der Waals surface area contributed by atoms with Crippen LogP contribution in [0, 0.1) is 38.1 Å². The van der Waals surface area contributed by atoms with Crippen molar-refractivity contribution in [2.45, 2.75) is 27.7 Å². The van der Waals surface area contributed by atoms with Crippen LogP contribution >= 0.6 is 0 Å². The molecule has 0 spiro atoms. The topological polar surface area (TPSA) is 52.2 Å². The molecule has 0 aromatic carbocycles. The van der Waals surface area contributed by atoms with Crippen molar-refractivity contribution < 1.29 is 4.42 Å². The molecular formula is C13H15NO3. The lowest BCUT2D eigenvalue weighted by Crippen LogP contribution is -2.22. The van der Waals surface area contributed by atoms with Gasteiger partial charge in [-0.3, -0.25) is 14.2 Å². The fraction of sp³-hybridized carbons (Fsp3) is 0.385. The van der Waals surface area contributed by atoms with E-state index < -0.39 is 0 Å². The molecule has 0 unspecified atom stereocenters. The maximum Gasteiger partial charge on any atom is 0.261 e. The highest BCUT2D eigenvalue weighted by molar-refractivity contribution is 5.28. The Bertz CT molecular complexity index is 718. The minimum Gasteiger partial charge on any atom is -0.466 e. The molecule has 17 heavy (non-hydrogen) atoms. The zero-order chi connectivity index (χ0) is 12.9. The Morgan fingerprint density at radius 2 is 1.18 bits per heavy atom. The van der Waals surface area contributed by atoms with Gasteiger partial charge in [0.1, 0.15) is 11.5 Å². The molecule has 2 aliphatic rings. The largest absolute Gasteiger partial charge is 0.466 e. The number of hydrogen-bond donors (Lipinski definition) is 0. The van der Waals surface area contributed by atoms with Crippen LogP contribution < -0.4 is 11.1 Å². The Labute approximate surface area is 98.2 Å². The Morgan fingerprint density at radius 1 is 0.824 bits per heavy atom. The van der Waals surface area contributed by atoms with Crippen LogP contribution in [0.15, 0.2) is 14.0 Å². The van der Waals surface area contributed by atoms with Crippen LogP contribution in [0.2, 0.25) is 0 Å². The summed E-state index contributed by atoms with van der Waals surface area (Å²) in [6, 6.07) is 0. The number of hydrogen-bond acceptors (Lipinski definition) is 3. The van der Waals surface area contributed by atoms with Crippen molar-refractivity contribution in [1.82, 2.24) is 4.57 Å². The third-order valence-electron chi connectivity index (χ3n) is 3.40. The Hall–Kier alpha value is -1.84. The fourth-order valence-corrected chi connectivity index (χ4v) is 2.07. The lowest BCUT2D eigenvalue weighted by molar-refractivity contribution is 0.483. The molecule has 2 aliphatic heterocycles. The summed E-state index contributed by atoms with van der Waals surface area (Å²) in [5.41, 5.74) is 0.969. The van der Waals surface area contributed by atoms with Gasteiger partial charge in [0.05, 0.1) is 10.4 Å². The van der Waals surface area contributed by atoms with Crippen LogP contribution in [-0.4, -0.2) is 4.57 Å². The summed E-state index contributed by atoms with van der Waals surface area (Å²) in [5.74, 6) is 1.34. The van der Waals surface area contributed by atoms with Gasteiger partial charge in [0.15, 0.2) is 0 Å². The minimum atomic E-state index is -0.250. The predicted molar refractivity (Wildman–Crippen MR) is 64.5 cm³/mol. The molecule has 4 nitrogen and oxygen atoms in total. The number of nitrogens with zero attached hydrogens (tertiary/aromatic N) is 1. The second-order valence-electron chi connectivity index (χ2n) is 4.38. The van der Waals surface area contributed by atoms with Gasteiger partial charge in [0.25, 0.3) is 11.1 Å². The monoisotopic (exact) mass is 233 g/mol. The second-order valence-corrected chi connectivity index (χ2v) is 4.38. The van der Waals surface area contributed by atoms with E-state index in [-0.39, 0.29) is 11.1 Å². The van der Waals surface area contributed by atoms with Gasteiger partial charge < -0.3 is 4.42 Å². The van der Waals surface area contributed by atoms with Crippen LogP contribution in [0.25, 0.3) is 0 Å². The number of aryl methyl sites for hydroxylation is 2. The molecule has 0 atom stereocenters. The average molecular weight is 233 g/mol. The van der Waals surface area contributed by atoms with Crippen molar-refractivity contribution in [2.75, 3.05) is 0 Å². The van der Waals surface area contributed by atoms with E-state index in [1.807, 2.05) is 0 Å². The fourth-order valence-electron chi connectivity index (χ4n) is 2.07. The molecule has 0 fully saturated rings. The van der Waals surface area contributed by atoms with Gasteiger partial charge in [-0.25, -0.2) is 0 Å². The van der Waals surface area contributed by atoms with Gasteiger partial charge in [0, 0.05) is 18.2 Å². The number of rotatable bonds is 0. The van der Waals surface area contributed by atoms with E-state index in [4.69, 9.17) is 4.42 Å². The van der Waals surface area contributed by atoms with Crippen molar-refractivity contribution in [3.8, 4) is 0 Å². The first-order valence-electron chi connectivity index (χ1n) is 5.46. The SMILES string of the molecule is Cc1oc(C)c(C)c2c(=O)n(C)c(=O)c=2c1C.